The minimum absolute atomic E-state index is 0.0427. The van der Waals surface area contributed by atoms with Gasteiger partial charge in [-0.1, -0.05) is 13.8 Å². The molecule has 0 saturated carbocycles. The van der Waals surface area contributed by atoms with E-state index in [0.717, 1.165) is 19.6 Å². The highest BCUT2D eigenvalue weighted by molar-refractivity contribution is 4.63. The topological polar surface area (TPSA) is 35.5 Å². The third kappa shape index (κ3) is 6.23. The smallest absolute Gasteiger partial charge is 0.265 e. The van der Waals surface area contributed by atoms with Crippen LogP contribution in [0.1, 0.15) is 13.8 Å². The molecule has 0 saturated heterocycles. The van der Waals surface area contributed by atoms with Gasteiger partial charge in [-0.2, -0.15) is 0 Å². The fourth-order valence-corrected chi connectivity index (χ4v) is 1.12. The van der Waals surface area contributed by atoms with Gasteiger partial charge in [0, 0.05) is 19.6 Å². The Kier molecular flexibility index (Phi) is 7.93. The number of aliphatic hydroxyl groups excluding tert-OH is 1. The number of aliphatic hydroxyl groups is 1. The lowest BCUT2D eigenvalue weighted by atomic mass is 10.3. The molecule has 0 heterocycles. The van der Waals surface area contributed by atoms with Crippen LogP contribution in [0.15, 0.2) is 0 Å². The molecule has 1 unspecified atom stereocenters. The van der Waals surface area contributed by atoms with Crippen molar-refractivity contribution in [1.29, 1.82) is 0 Å². The van der Waals surface area contributed by atoms with E-state index in [0.29, 0.717) is 6.54 Å². The zero-order chi connectivity index (χ0) is 11.0. The molecule has 1 atom stereocenters. The summed E-state index contributed by atoms with van der Waals surface area (Å²) in [6, 6.07) is 0. The van der Waals surface area contributed by atoms with Gasteiger partial charge in [0.1, 0.15) is 6.10 Å². The molecule has 0 aromatic carbocycles. The van der Waals surface area contributed by atoms with E-state index in [4.69, 9.17) is 5.11 Å². The fraction of sp³-hybridized carbons (Fsp3) is 1.00. The summed E-state index contributed by atoms with van der Waals surface area (Å²) in [5.41, 5.74) is 0. The third-order valence-corrected chi connectivity index (χ3v) is 2.14. The van der Waals surface area contributed by atoms with Gasteiger partial charge in [0.15, 0.2) is 0 Å². The van der Waals surface area contributed by atoms with Crippen molar-refractivity contribution in [3.8, 4) is 0 Å². The van der Waals surface area contributed by atoms with Gasteiger partial charge < -0.3 is 15.3 Å². The fourth-order valence-electron chi connectivity index (χ4n) is 1.12. The summed E-state index contributed by atoms with van der Waals surface area (Å²) in [5.74, 6) is 0. The van der Waals surface area contributed by atoms with Gasteiger partial charge >= 0.3 is 0 Å². The van der Waals surface area contributed by atoms with Gasteiger partial charge in [-0.15, -0.1) is 0 Å². The Morgan fingerprint density at radius 3 is 2.29 bits per heavy atom. The molecule has 2 N–H and O–H groups in total. The van der Waals surface area contributed by atoms with Crippen LogP contribution in [-0.4, -0.2) is 55.3 Å². The Balaban J connectivity index is 3.36. The maximum Gasteiger partial charge on any atom is 0.265 e. The van der Waals surface area contributed by atoms with Crippen LogP contribution in [0.3, 0.4) is 0 Å². The Labute approximate surface area is 84.1 Å². The predicted octanol–water partition coefficient (Wildman–Crippen LogP) is 0.544. The number of likely N-dealkylation sites (N-methyl/N-ethyl adjacent to an activating group) is 1. The summed E-state index contributed by atoms with van der Waals surface area (Å²) in [6.07, 6.45) is -4.21. The van der Waals surface area contributed by atoms with Crippen LogP contribution in [0.5, 0.6) is 0 Å². The molecule has 0 aromatic rings. The first-order chi connectivity index (χ1) is 6.61. The number of hydrogen-bond donors (Lipinski definition) is 2. The molecule has 0 aliphatic rings. The Morgan fingerprint density at radius 1 is 1.29 bits per heavy atom. The number of hydrogen-bond acceptors (Lipinski definition) is 3. The van der Waals surface area contributed by atoms with Crippen molar-refractivity contribution in [2.45, 2.75) is 26.4 Å². The molecule has 14 heavy (non-hydrogen) atoms. The summed E-state index contributed by atoms with van der Waals surface area (Å²) in [7, 11) is 0. The zero-order valence-corrected chi connectivity index (χ0v) is 8.84. The Bertz CT molecular complexity index is 128. The maximum absolute atomic E-state index is 11.8. The lowest BCUT2D eigenvalue weighted by molar-refractivity contribution is -0.00335. The standard InChI is InChI=1S/C9H20F2N2O/c1-3-13(4-2)6-5-12-7-8(14)9(10)11/h8-9,12,14H,3-7H2,1-2H3. The third-order valence-electron chi connectivity index (χ3n) is 2.14. The number of alkyl halides is 2. The van der Waals surface area contributed by atoms with E-state index in [1.165, 1.54) is 0 Å². The highest BCUT2D eigenvalue weighted by atomic mass is 19.3. The highest BCUT2D eigenvalue weighted by Crippen LogP contribution is 1.98. The normalized spacial score (nSPS) is 13.9. The molecule has 0 aromatic heterocycles. The SMILES string of the molecule is CCN(CC)CCNCC(O)C(F)F. The van der Waals surface area contributed by atoms with Crippen molar-refractivity contribution in [1.82, 2.24) is 10.2 Å². The van der Waals surface area contributed by atoms with Gasteiger partial charge in [-0.25, -0.2) is 8.78 Å². The zero-order valence-electron chi connectivity index (χ0n) is 8.84. The maximum atomic E-state index is 11.8. The molecule has 0 rings (SSSR count). The van der Waals surface area contributed by atoms with Gasteiger partial charge in [-0.05, 0) is 13.1 Å². The Hall–Kier alpha value is -0.260. The molecule has 0 amide bonds. The first-order valence-electron chi connectivity index (χ1n) is 5.01. The average Bonchev–Trinajstić information content (AvgIpc) is 2.17. The largest absolute Gasteiger partial charge is 0.386 e. The number of rotatable bonds is 8. The molecule has 0 fully saturated rings. The molecule has 86 valence electrons. The summed E-state index contributed by atoms with van der Waals surface area (Å²) < 4.78 is 23.7. The first-order valence-corrected chi connectivity index (χ1v) is 5.01. The van der Waals surface area contributed by atoms with Crippen molar-refractivity contribution in [2.24, 2.45) is 0 Å². The van der Waals surface area contributed by atoms with Gasteiger partial charge in [0.25, 0.3) is 6.43 Å². The lowest BCUT2D eigenvalue weighted by Gasteiger charge is -2.18. The second-order valence-corrected chi connectivity index (χ2v) is 3.13. The van der Waals surface area contributed by atoms with E-state index in [9.17, 15) is 8.78 Å². The van der Waals surface area contributed by atoms with Crippen molar-refractivity contribution in [3.05, 3.63) is 0 Å². The molecule has 0 radical (unpaired) electrons. The van der Waals surface area contributed by atoms with Crippen LogP contribution in [0.2, 0.25) is 0 Å². The second kappa shape index (κ2) is 8.08. The number of halogens is 2. The summed E-state index contributed by atoms with van der Waals surface area (Å²) >= 11 is 0. The summed E-state index contributed by atoms with van der Waals surface area (Å²) in [6.45, 7) is 7.42. The highest BCUT2D eigenvalue weighted by Gasteiger charge is 2.15. The van der Waals surface area contributed by atoms with Crippen LogP contribution in [0.25, 0.3) is 0 Å². The van der Waals surface area contributed by atoms with E-state index in [2.05, 4.69) is 24.1 Å². The summed E-state index contributed by atoms with van der Waals surface area (Å²) in [5, 5.41) is 11.6. The monoisotopic (exact) mass is 210 g/mol. The predicted molar refractivity (Wildman–Crippen MR) is 52.7 cm³/mol. The van der Waals surface area contributed by atoms with Crippen LogP contribution in [-0.2, 0) is 0 Å². The van der Waals surface area contributed by atoms with Crippen LogP contribution < -0.4 is 5.32 Å². The minimum atomic E-state index is -2.66. The molecule has 0 aliphatic carbocycles. The molecular formula is C9H20F2N2O. The van der Waals surface area contributed by atoms with E-state index in [-0.39, 0.29) is 6.54 Å². The van der Waals surface area contributed by atoms with Crippen molar-refractivity contribution >= 4 is 0 Å². The van der Waals surface area contributed by atoms with Crippen molar-refractivity contribution in [2.75, 3.05) is 32.7 Å². The van der Waals surface area contributed by atoms with Crippen LogP contribution in [0.4, 0.5) is 8.78 Å². The summed E-state index contributed by atoms with van der Waals surface area (Å²) in [4.78, 5) is 2.18. The molecule has 0 aliphatic heterocycles. The molecule has 0 bridgehead atoms. The number of nitrogens with one attached hydrogen (secondary N) is 1. The average molecular weight is 210 g/mol. The van der Waals surface area contributed by atoms with Crippen LogP contribution in [0, 0.1) is 0 Å². The van der Waals surface area contributed by atoms with E-state index < -0.39 is 12.5 Å². The quantitative estimate of drug-likeness (QED) is 0.574. The second-order valence-electron chi connectivity index (χ2n) is 3.13. The van der Waals surface area contributed by atoms with E-state index in [1.54, 1.807) is 0 Å². The molecule has 0 spiro atoms. The first kappa shape index (κ1) is 13.7. The van der Waals surface area contributed by atoms with E-state index in [1.807, 2.05) is 0 Å². The molecular weight excluding hydrogens is 190 g/mol. The van der Waals surface area contributed by atoms with Gasteiger partial charge in [0.05, 0.1) is 0 Å². The van der Waals surface area contributed by atoms with E-state index >= 15 is 0 Å². The molecule has 5 heteroatoms. The van der Waals surface area contributed by atoms with Gasteiger partial charge in [0.2, 0.25) is 0 Å². The van der Waals surface area contributed by atoms with Gasteiger partial charge in [-0.3, -0.25) is 0 Å². The molecule has 3 nitrogen and oxygen atoms in total. The van der Waals surface area contributed by atoms with Crippen LogP contribution >= 0.6 is 0 Å². The van der Waals surface area contributed by atoms with Crippen molar-refractivity contribution in [3.63, 3.8) is 0 Å². The van der Waals surface area contributed by atoms with Crippen molar-refractivity contribution < 1.29 is 13.9 Å². The Morgan fingerprint density at radius 2 is 1.86 bits per heavy atom. The number of nitrogens with zero attached hydrogens (tertiary/aromatic N) is 1. The lowest BCUT2D eigenvalue weighted by Crippen LogP contribution is -2.37. The minimum Gasteiger partial charge on any atom is -0.386 e.